The van der Waals surface area contributed by atoms with Crippen molar-refractivity contribution in [3.05, 3.63) is 51.7 Å². The summed E-state index contributed by atoms with van der Waals surface area (Å²) in [7, 11) is 1.63. The second-order valence-electron chi connectivity index (χ2n) is 4.40. The molecule has 0 radical (unpaired) electrons. The molecule has 106 valence electrons. The lowest BCUT2D eigenvalue weighted by molar-refractivity contribution is 0.240. The average molecular weight is 290 g/mol. The molecule has 2 aromatic rings. The van der Waals surface area contributed by atoms with Crippen LogP contribution in [0.25, 0.3) is 0 Å². The zero-order valence-corrected chi connectivity index (χ0v) is 12.4. The van der Waals surface area contributed by atoms with Gasteiger partial charge in [-0.3, -0.25) is 0 Å². The summed E-state index contributed by atoms with van der Waals surface area (Å²) in [6.07, 6.45) is 0. The van der Waals surface area contributed by atoms with E-state index in [1.54, 1.807) is 18.4 Å². The molecule has 1 aromatic carbocycles. The largest absolute Gasteiger partial charge is 0.497 e. The molecule has 4 nitrogen and oxygen atoms in total. The summed E-state index contributed by atoms with van der Waals surface area (Å²) >= 11 is 1.69. The predicted molar refractivity (Wildman–Crippen MR) is 81.1 cm³/mol. The summed E-state index contributed by atoms with van der Waals surface area (Å²) in [4.78, 5) is 14.1. The fraction of sp³-hybridized carbons (Fsp3) is 0.267. The number of amides is 2. The maximum Gasteiger partial charge on any atom is 0.315 e. The maximum absolute atomic E-state index is 11.7. The molecule has 0 spiro atoms. The van der Waals surface area contributed by atoms with E-state index in [1.807, 2.05) is 30.3 Å². The first-order valence-corrected chi connectivity index (χ1v) is 7.19. The van der Waals surface area contributed by atoms with Crippen LogP contribution in [0.15, 0.2) is 36.4 Å². The molecule has 1 aromatic heterocycles. The summed E-state index contributed by atoms with van der Waals surface area (Å²) in [5, 5.41) is 5.67. The molecular formula is C15H18N2O2S. The van der Waals surface area contributed by atoms with E-state index >= 15 is 0 Å². The summed E-state index contributed by atoms with van der Waals surface area (Å²) in [5.41, 5.74) is 1.04. The van der Waals surface area contributed by atoms with Crippen molar-refractivity contribution in [1.82, 2.24) is 10.6 Å². The number of methoxy groups -OCH3 is 1. The van der Waals surface area contributed by atoms with Gasteiger partial charge in [0.2, 0.25) is 0 Å². The third-order valence-electron chi connectivity index (χ3n) is 2.83. The molecule has 0 unspecified atom stereocenters. The van der Waals surface area contributed by atoms with Gasteiger partial charge >= 0.3 is 6.03 Å². The monoisotopic (exact) mass is 290 g/mol. The topological polar surface area (TPSA) is 50.4 Å². The molecule has 2 N–H and O–H groups in total. The van der Waals surface area contributed by atoms with Gasteiger partial charge in [-0.15, -0.1) is 11.3 Å². The Hall–Kier alpha value is -2.01. The highest BCUT2D eigenvalue weighted by atomic mass is 32.1. The molecule has 0 aliphatic carbocycles. The number of rotatable bonds is 5. The number of carbonyl (C=O) groups excluding carboxylic acids is 1. The van der Waals surface area contributed by atoms with Crippen molar-refractivity contribution in [2.24, 2.45) is 0 Å². The van der Waals surface area contributed by atoms with Gasteiger partial charge in [0, 0.05) is 16.3 Å². The van der Waals surface area contributed by atoms with Crippen molar-refractivity contribution >= 4 is 17.4 Å². The summed E-state index contributed by atoms with van der Waals surface area (Å²) in [5.74, 6) is 0.811. The zero-order chi connectivity index (χ0) is 14.4. The smallest absolute Gasteiger partial charge is 0.315 e. The molecule has 1 heterocycles. The minimum absolute atomic E-state index is 0.160. The second-order valence-corrected chi connectivity index (χ2v) is 5.77. The van der Waals surface area contributed by atoms with Gasteiger partial charge < -0.3 is 15.4 Å². The number of aryl methyl sites for hydroxylation is 1. The Morgan fingerprint density at radius 3 is 2.40 bits per heavy atom. The van der Waals surface area contributed by atoms with Crippen LogP contribution >= 0.6 is 11.3 Å². The minimum atomic E-state index is -0.160. The number of thiophene rings is 1. The molecule has 0 saturated carbocycles. The highest BCUT2D eigenvalue weighted by Crippen LogP contribution is 2.14. The highest BCUT2D eigenvalue weighted by Gasteiger charge is 2.02. The van der Waals surface area contributed by atoms with E-state index in [0.717, 1.165) is 16.2 Å². The Labute approximate surface area is 122 Å². The SMILES string of the molecule is COc1ccc(CNC(=O)NCc2ccc(C)s2)cc1. The van der Waals surface area contributed by atoms with Crippen LogP contribution in [0.4, 0.5) is 4.79 Å². The molecule has 20 heavy (non-hydrogen) atoms. The highest BCUT2D eigenvalue weighted by molar-refractivity contribution is 7.11. The van der Waals surface area contributed by atoms with Gasteiger partial charge in [0.15, 0.2) is 0 Å². The third kappa shape index (κ3) is 4.28. The Bertz CT molecular complexity index is 564. The average Bonchev–Trinajstić information content (AvgIpc) is 2.89. The van der Waals surface area contributed by atoms with Gasteiger partial charge in [0.25, 0.3) is 0 Å². The van der Waals surface area contributed by atoms with Crippen LogP contribution in [0.5, 0.6) is 5.75 Å². The van der Waals surface area contributed by atoms with E-state index in [-0.39, 0.29) is 6.03 Å². The van der Waals surface area contributed by atoms with E-state index in [1.165, 1.54) is 4.88 Å². The molecule has 5 heteroatoms. The molecule has 0 bridgehead atoms. The lowest BCUT2D eigenvalue weighted by Crippen LogP contribution is -2.34. The first-order chi connectivity index (χ1) is 9.67. The number of nitrogens with one attached hydrogen (secondary N) is 2. The maximum atomic E-state index is 11.7. The summed E-state index contributed by atoms with van der Waals surface area (Å²) < 4.78 is 5.09. The Morgan fingerprint density at radius 1 is 1.10 bits per heavy atom. The first-order valence-electron chi connectivity index (χ1n) is 6.37. The Balaban J connectivity index is 1.74. The Kier molecular flexibility index (Phi) is 5.01. The molecule has 0 fully saturated rings. The van der Waals surface area contributed by atoms with Gasteiger partial charge in [-0.05, 0) is 36.8 Å². The van der Waals surface area contributed by atoms with Crippen molar-refractivity contribution < 1.29 is 9.53 Å². The predicted octanol–water partition coefficient (Wildman–Crippen LogP) is 3.06. The Morgan fingerprint density at radius 2 is 1.80 bits per heavy atom. The normalized spacial score (nSPS) is 10.1. The van der Waals surface area contributed by atoms with Crippen LogP contribution in [0, 0.1) is 6.92 Å². The lowest BCUT2D eigenvalue weighted by Gasteiger charge is -2.07. The van der Waals surface area contributed by atoms with Crippen LogP contribution in [0.3, 0.4) is 0 Å². The number of urea groups is 1. The molecule has 0 aliphatic heterocycles. The van der Waals surface area contributed by atoms with E-state index < -0.39 is 0 Å². The molecule has 0 atom stereocenters. The second kappa shape index (κ2) is 6.96. The van der Waals surface area contributed by atoms with Crippen molar-refractivity contribution in [3.8, 4) is 5.75 Å². The van der Waals surface area contributed by atoms with Crippen LogP contribution in [-0.4, -0.2) is 13.1 Å². The lowest BCUT2D eigenvalue weighted by atomic mass is 10.2. The van der Waals surface area contributed by atoms with E-state index in [2.05, 4.69) is 23.6 Å². The summed E-state index contributed by atoms with van der Waals surface area (Å²) in [6, 6.07) is 11.5. The molecule has 2 rings (SSSR count). The number of benzene rings is 1. The van der Waals surface area contributed by atoms with Crippen LogP contribution in [-0.2, 0) is 13.1 Å². The third-order valence-corrected chi connectivity index (χ3v) is 3.83. The van der Waals surface area contributed by atoms with Gasteiger partial charge in [0.05, 0.1) is 13.7 Å². The summed E-state index contributed by atoms with van der Waals surface area (Å²) in [6.45, 7) is 3.12. The first kappa shape index (κ1) is 14.4. The van der Waals surface area contributed by atoms with Crippen molar-refractivity contribution in [2.75, 3.05) is 7.11 Å². The van der Waals surface area contributed by atoms with E-state index in [9.17, 15) is 4.79 Å². The fourth-order valence-electron chi connectivity index (χ4n) is 1.74. The molecular weight excluding hydrogens is 272 g/mol. The van der Waals surface area contributed by atoms with Gasteiger partial charge in [-0.25, -0.2) is 4.79 Å². The molecule has 0 saturated heterocycles. The van der Waals surface area contributed by atoms with Crippen molar-refractivity contribution in [2.45, 2.75) is 20.0 Å². The van der Waals surface area contributed by atoms with Crippen molar-refractivity contribution in [3.63, 3.8) is 0 Å². The van der Waals surface area contributed by atoms with Crippen LogP contribution in [0.2, 0.25) is 0 Å². The van der Waals surface area contributed by atoms with Gasteiger partial charge in [-0.2, -0.15) is 0 Å². The quantitative estimate of drug-likeness (QED) is 0.889. The van der Waals surface area contributed by atoms with Crippen LogP contribution in [0.1, 0.15) is 15.3 Å². The standard InChI is InChI=1S/C15H18N2O2S/c1-11-3-8-14(20-11)10-17-15(18)16-9-12-4-6-13(19-2)7-5-12/h3-8H,9-10H2,1-2H3,(H2,16,17,18). The number of carbonyl (C=O) groups is 1. The van der Waals surface area contributed by atoms with E-state index in [4.69, 9.17) is 4.74 Å². The van der Waals surface area contributed by atoms with Gasteiger partial charge in [0.1, 0.15) is 5.75 Å². The zero-order valence-electron chi connectivity index (χ0n) is 11.6. The number of hydrogen-bond acceptors (Lipinski definition) is 3. The molecule has 0 aliphatic rings. The molecule has 2 amide bonds. The van der Waals surface area contributed by atoms with Crippen LogP contribution < -0.4 is 15.4 Å². The van der Waals surface area contributed by atoms with E-state index in [0.29, 0.717) is 13.1 Å². The number of ether oxygens (including phenoxy) is 1. The minimum Gasteiger partial charge on any atom is -0.497 e. The fourth-order valence-corrected chi connectivity index (χ4v) is 2.57. The van der Waals surface area contributed by atoms with Gasteiger partial charge in [-0.1, -0.05) is 12.1 Å². The number of hydrogen-bond donors (Lipinski definition) is 2. The van der Waals surface area contributed by atoms with Crippen molar-refractivity contribution in [1.29, 1.82) is 0 Å².